The SMILES string of the molecule is CC[C@H](C)[C@@H](C)Nc1ccccc1OC. The van der Waals surface area contributed by atoms with Crippen molar-refractivity contribution in [3.05, 3.63) is 24.3 Å². The van der Waals surface area contributed by atoms with Gasteiger partial charge < -0.3 is 10.1 Å². The Labute approximate surface area is 92.6 Å². The molecule has 1 aromatic rings. The first-order chi connectivity index (χ1) is 7.19. The maximum Gasteiger partial charge on any atom is 0.141 e. The highest BCUT2D eigenvalue weighted by molar-refractivity contribution is 5.56. The van der Waals surface area contributed by atoms with Crippen molar-refractivity contribution in [3.63, 3.8) is 0 Å². The van der Waals surface area contributed by atoms with Gasteiger partial charge in [0.2, 0.25) is 0 Å². The number of benzene rings is 1. The predicted octanol–water partition coefficient (Wildman–Crippen LogP) is 3.54. The molecule has 0 saturated heterocycles. The van der Waals surface area contributed by atoms with Crippen LogP contribution in [0.4, 0.5) is 5.69 Å². The Morgan fingerprint density at radius 3 is 2.53 bits per heavy atom. The first kappa shape index (κ1) is 11.9. The summed E-state index contributed by atoms with van der Waals surface area (Å²) in [6.07, 6.45) is 1.18. The zero-order chi connectivity index (χ0) is 11.3. The second kappa shape index (κ2) is 5.64. The third-order valence-electron chi connectivity index (χ3n) is 2.99. The molecular formula is C13H21NO. The lowest BCUT2D eigenvalue weighted by Crippen LogP contribution is -2.23. The van der Waals surface area contributed by atoms with Gasteiger partial charge in [-0.2, -0.15) is 0 Å². The number of rotatable bonds is 5. The number of methoxy groups -OCH3 is 1. The zero-order valence-electron chi connectivity index (χ0n) is 10.1. The van der Waals surface area contributed by atoms with Gasteiger partial charge in [-0.05, 0) is 25.0 Å². The van der Waals surface area contributed by atoms with Crippen LogP contribution in [0, 0.1) is 5.92 Å². The van der Waals surface area contributed by atoms with Crippen LogP contribution >= 0.6 is 0 Å². The molecule has 0 aliphatic heterocycles. The summed E-state index contributed by atoms with van der Waals surface area (Å²) in [5.74, 6) is 1.57. The highest BCUT2D eigenvalue weighted by Gasteiger charge is 2.11. The molecule has 0 amide bonds. The van der Waals surface area contributed by atoms with Gasteiger partial charge in [0.15, 0.2) is 0 Å². The third-order valence-corrected chi connectivity index (χ3v) is 2.99. The number of nitrogens with one attached hydrogen (secondary N) is 1. The molecule has 1 N–H and O–H groups in total. The van der Waals surface area contributed by atoms with Crippen molar-refractivity contribution in [2.45, 2.75) is 33.2 Å². The van der Waals surface area contributed by atoms with Gasteiger partial charge in [0, 0.05) is 6.04 Å². The Bertz CT molecular complexity index is 298. The molecule has 0 aliphatic rings. The lowest BCUT2D eigenvalue weighted by molar-refractivity contribution is 0.414. The fraction of sp³-hybridized carbons (Fsp3) is 0.538. The first-order valence-electron chi connectivity index (χ1n) is 5.58. The normalized spacial score (nSPS) is 14.4. The fourth-order valence-electron chi connectivity index (χ4n) is 1.50. The molecule has 1 aromatic carbocycles. The minimum atomic E-state index is 0.464. The van der Waals surface area contributed by atoms with Crippen molar-refractivity contribution in [1.29, 1.82) is 0 Å². The summed E-state index contributed by atoms with van der Waals surface area (Å²) in [7, 11) is 1.70. The van der Waals surface area contributed by atoms with Crippen molar-refractivity contribution in [2.24, 2.45) is 5.92 Å². The zero-order valence-corrected chi connectivity index (χ0v) is 10.1. The molecule has 2 heteroatoms. The van der Waals surface area contributed by atoms with E-state index in [9.17, 15) is 0 Å². The fourth-order valence-corrected chi connectivity index (χ4v) is 1.50. The van der Waals surface area contributed by atoms with E-state index in [1.165, 1.54) is 6.42 Å². The Morgan fingerprint density at radius 2 is 1.93 bits per heavy atom. The van der Waals surface area contributed by atoms with Gasteiger partial charge in [0.1, 0.15) is 5.75 Å². The Hall–Kier alpha value is -1.18. The average Bonchev–Trinajstić information content (AvgIpc) is 2.28. The van der Waals surface area contributed by atoms with E-state index in [-0.39, 0.29) is 0 Å². The topological polar surface area (TPSA) is 21.3 Å². The molecule has 0 saturated carbocycles. The van der Waals surface area contributed by atoms with Crippen LogP contribution in [-0.4, -0.2) is 13.2 Å². The summed E-state index contributed by atoms with van der Waals surface area (Å²) < 4.78 is 5.30. The lowest BCUT2D eigenvalue weighted by atomic mass is 10.0. The standard InChI is InChI=1S/C13H21NO/c1-5-10(2)11(3)14-12-8-6-7-9-13(12)15-4/h6-11,14H,5H2,1-4H3/t10-,11+/m0/s1. The molecule has 0 unspecified atom stereocenters. The van der Waals surface area contributed by atoms with Crippen LogP contribution in [0.2, 0.25) is 0 Å². The smallest absolute Gasteiger partial charge is 0.141 e. The van der Waals surface area contributed by atoms with E-state index in [0.29, 0.717) is 12.0 Å². The summed E-state index contributed by atoms with van der Waals surface area (Å²) in [6, 6.07) is 8.50. The quantitative estimate of drug-likeness (QED) is 0.797. The van der Waals surface area contributed by atoms with Gasteiger partial charge >= 0.3 is 0 Å². The molecule has 0 radical (unpaired) electrons. The van der Waals surface area contributed by atoms with Gasteiger partial charge in [-0.1, -0.05) is 32.4 Å². The van der Waals surface area contributed by atoms with Crippen molar-refractivity contribution in [3.8, 4) is 5.75 Å². The summed E-state index contributed by atoms with van der Waals surface area (Å²) in [4.78, 5) is 0. The molecule has 84 valence electrons. The van der Waals surface area contributed by atoms with Gasteiger partial charge in [-0.25, -0.2) is 0 Å². The third kappa shape index (κ3) is 3.15. The van der Waals surface area contributed by atoms with Crippen LogP contribution in [0.3, 0.4) is 0 Å². The van der Waals surface area contributed by atoms with E-state index in [2.05, 4.69) is 32.2 Å². The number of hydrogen-bond acceptors (Lipinski definition) is 2. The van der Waals surface area contributed by atoms with E-state index < -0.39 is 0 Å². The molecule has 0 aromatic heterocycles. The number of anilines is 1. The molecule has 2 atom stereocenters. The molecule has 0 heterocycles. The van der Waals surface area contributed by atoms with Crippen LogP contribution in [0.25, 0.3) is 0 Å². The van der Waals surface area contributed by atoms with Crippen LogP contribution in [0.15, 0.2) is 24.3 Å². The summed E-state index contributed by atoms with van der Waals surface area (Å²) in [6.45, 7) is 6.68. The van der Waals surface area contributed by atoms with E-state index in [0.717, 1.165) is 11.4 Å². The van der Waals surface area contributed by atoms with Crippen molar-refractivity contribution < 1.29 is 4.74 Å². The van der Waals surface area contributed by atoms with Crippen LogP contribution < -0.4 is 10.1 Å². The second-order valence-electron chi connectivity index (χ2n) is 4.02. The Kier molecular flexibility index (Phi) is 4.47. The van der Waals surface area contributed by atoms with Gasteiger partial charge in [-0.15, -0.1) is 0 Å². The van der Waals surface area contributed by atoms with Gasteiger partial charge in [-0.3, -0.25) is 0 Å². The number of para-hydroxylation sites is 2. The monoisotopic (exact) mass is 207 g/mol. The van der Waals surface area contributed by atoms with Crippen LogP contribution in [-0.2, 0) is 0 Å². The van der Waals surface area contributed by atoms with Crippen LogP contribution in [0.5, 0.6) is 5.75 Å². The summed E-state index contributed by atoms with van der Waals surface area (Å²) in [5.41, 5.74) is 1.08. The molecular weight excluding hydrogens is 186 g/mol. The van der Waals surface area contributed by atoms with Crippen molar-refractivity contribution >= 4 is 5.69 Å². The molecule has 0 spiro atoms. The molecule has 1 rings (SSSR count). The highest BCUT2D eigenvalue weighted by atomic mass is 16.5. The van der Waals surface area contributed by atoms with Gasteiger partial charge in [0.05, 0.1) is 12.8 Å². The van der Waals surface area contributed by atoms with Crippen molar-refractivity contribution in [1.82, 2.24) is 0 Å². The minimum Gasteiger partial charge on any atom is -0.495 e. The highest BCUT2D eigenvalue weighted by Crippen LogP contribution is 2.25. The lowest BCUT2D eigenvalue weighted by Gasteiger charge is -2.22. The molecule has 0 bridgehead atoms. The first-order valence-corrected chi connectivity index (χ1v) is 5.58. The summed E-state index contributed by atoms with van der Waals surface area (Å²) >= 11 is 0. The minimum absolute atomic E-state index is 0.464. The Morgan fingerprint density at radius 1 is 1.27 bits per heavy atom. The molecule has 15 heavy (non-hydrogen) atoms. The average molecular weight is 207 g/mol. The van der Waals surface area contributed by atoms with Crippen molar-refractivity contribution in [2.75, 3.05) is 12.4 Å². The van der Waals surface area contributed by atoms with E-state index >= 15 is 0 Å². The summed E-state index contributed by atoms with van der Waals surface area (Å²) in [5, 5.41) is 3.49. The second-order valence-corrected chi connectivity index (χ2v) is 4.02. The van der Waals surface area contributed by atoms with E-state index in [1.807, 2.05) is 18.2 Å². The largest absolute Gasteiger partial charge is 0.495 e. The molecule has 0 fully saturated rings. The Balaban J connectivity index is 2.71. The maximum atomic E-state index is 5.30. The maximum absolute atomic E-state index is 5.30. The predicted molar refractivity (Wildman–Crippen MR) is 65.5 cm³/mol. The van der Waals surface area contributed by atoms with Gasteiger partial charge in [0.25, 0.3) is 0 Å². The molecule has 2 nitrogen and oxygen atoms in total. The number of ether oxygens (including phenoxy) is 1. The van der Waals surface area contributed by atoms with E-state index in [4.69, 9.17) is 4.74 Å². The van der Waals surface area contributed by atoms with E-state index in [1.54, 1.807) is 7.11 Å². The van der Waals surface area contributed by atoms with Crippen LogP contribution in [0.1, 0.15) is 27.2 Å². The molecule has 0 aliphatic carbocycles. The number of hydrogen-bond donors (Lipinski definition) is 1.